The number of hydrogen-bond acceptors (Lipinski definition) is 2. The quantitative estimate of drug-likeness (QED) is 0.657. The molecule has 0 aliphatic carbocycles. The van der Waals surface area contributed by atoms with E-state index in [0.29, 0.717) is 5.02 Å². The monoisotopic (exact) mass is 262 g/mol. The van der Waals surface area contributed by atoms with E-state index in [1.165, 1.54) is 6.08 Å². The van der Waals surface area contributed by atoms with Crippen LogP contribution < -0.4 is 5.32 Å². The van der Waals surface area contributed by atoms with Gasteiger partial charge >= 0.3 is 0 Å². The van der Waals surface area contributed by atoms with Gasteiger partial charge in [0, 0.05) is 10.6 Å². The topological polar surface area (TPSA) is 52.9 Å². The molecule has 0 aromatic heterocycles. The first-order valence-electron chi connectivity index (χ1n) is 5.52. The van der Waals surface area contributed by atoms with Crippen molar-refractivity contribution in [2.75, 3.05) is 0 Å². The lowest BCUT2D eigenvalue weighted by atomic mass is 10.1. The third kappa shape index (κ3) is 4.60. The zero-order valence-corrected chi connectivity index (χ0v) is 11.4. The van der Waals surface area contributed by atoms with Crippen LogP contribution in [0.15, 0.2) is 29.8 Å². The summed E-state index contributed by atoms with van der Waals surface area (Å²) >= 11 is 5.77. The van der Waals surface area contributed by atoms with Crippen LogP contribution in [-0.4, -0.2) is 11.4 Å². The van der Waals surface area contributed by atoms with Crippen molar-refractivity contribution >= 4 is 23.6 Å². The van der Waals surface area contributed by atoms with Crippen LogP contribution in [0.2, 0.25) is 5.02 Å². The van der Waals surface area contributed by atoms with Crippen molar-refractivity contribution in [1.29, 1.82) is 5.26 Å². The second kappa shape index (κ2) is 5.70. The Morgan fingerprint density at radius 1 is 1.33 bits per heavy atom. The lowest BCUT2D eigenvalue weighted by Crippen LogP contribution is -2.41. The predicted octanol–water partition coefficient (Wildman–Crippen LogP) is 3.16. The summed E-state index contributed by atoms with van der Waals surface area (Å²) in [5.41, 5.74) is 0.472. The van der Waals surface area contributed by atoms with Crippen LogP contribution in [0.1, 0.15) is 26.3 Å². The molecule has 4 heteroatoms. The number of amides is 1. The minimum atomic E-state index is -0.375. The SMILES string of the molecule is CC(C)(C)NC(=O)/C(C#N)=C/c1ccc(Cl)cc1. The molecule has 1 aromatic carbocycles. The van der Waals surface area contributed by atoms with Gasteiger partial charge in [-0.1, -0.05) is 23.7 Å². The van der Waals surface area contributed by atoms with Crippen LogP contribution in [0.25, 0.3) is 6.08 Å². The summed E-state index contributed by atoms with van der Waals surface area (Å²) in [6.45, 7) is 5.59. The average Bonchev–Trinajstić information content (AvgIpc) is 2.25. The Labute approximate surface area is 112 Å². The van der Waals surface area contributed by atoms with Crippen LogP contribution in [-0.2, 0) is 4.79 Å². The van der Waals surface area contributed by atoms with E-state index >= 15 is 0 Å². The summed E-state index contributed by atoms with van der Waals surface area (Å²) in [4.78, 5) is 11.8. The molecule has 0 aliphatic heterocycles. The number of nitrogens with one attached hydrogen (secondary N) is 1. The van der Waals surface area contributed by atoms with Gasteiger partial charge in [0.05, 0.1) is 0 Å². The fourth-order valence-electron chi connectivity index (χ4n) is 1.28. The van der Waals surface area contributed by atoms with Gasteiger partial charge in [-0.15, -0.1) is 0 Å². The summed E-state index contributed by atoms with van der Waals surface area (Å²) in [6.07, 6.45) is 1.54. The van der Waals surface area contributed by atoms with E-state index in [1.54, 1.807) is 24.3 Å². The first kappa shape index (κ1) is 14.3. The van der Waals surface area contributed by atoms with Crippen molar-refractivity contribution in [2.24, 2.45) is 0 Å². The Morgan fingerprint density at radius 2 is 1.89 bits per heavy atom. The minimum absolute atomic E-state index is 0.0762. The Bertz CT molecular complexity index is 504. The molecule has 0 bridgehead atoms. The maximum atomic E-state index is 11.8. The highest BCUT2D eigenvalue weighted by atomic mass is 35.5. The highest BCUT2D eigenvalue weighted by Crippen LogP contribution is 2.13. The number of hydrogen-bond donors (Lipinski definition) is 1. The minimum Gasteiger partial charge on any atom is -0.347 e. The predicted molar refractivity (Wildman–Crippen MR) is 72.9 cm³/mol. The smallest absolute Gasteiger partial charge is 0.262 e. The van der Waals surface area contributed by atoms with Gasteiger partial charge in [0.25, 0.3) is 5.91 Å². The van der Waals surface area contributed by atoms with Gasteiger partial charge < -0.3 is 5.32 Å². The van der Waals surface area contributed by atoms with Crippen LogP contribution in [0.4, 0.5) is 0 Å². The van der Waals surface area contributed by atoms with Crippen molar-refractivity contribution in [1.82, 2.24) is 5.32 Å². The average molecular weight is 263 g/mol. The van der Waals surface area contributed by atoms with Crippen LogP contribution in [0.5, 0.6) is 0 Å². The fraction of sp³-hybridized carbons (Fsp3) is 0.286. The number of nitriles is 1. The zero-order valence-electron chi connectivity index (χ0n) is 10.6. The Balaban J connectivity index is 2.94. The van der Waals surface area contributed by atoms with Gasteiger partial charge in [-0.05, 0) is 44.5 Å². The second-order valence-electron chi connectivity index (χ2n) is 4.93. The van der Waals surface area contributed by atoms with Gasteiger partial charge in [0.2, 0.25) is 0 Å². The largest absolute Gasteiger partial charge is 0.347 e. The molecule has 0 saturated heterocycles. The van der Waals surface area contributed by atoms with Crippen LogP contribution in [0, 0.1) is 11.3 Å². The number of halogens is 1. The molecule has 0 fully saturated rings. The van der Waals surface area contributed by atoms with Gasteiger partial charge in [-0.25, -0.2) is 0 Å². The van der Waals surface area contributed by atoms with E-state index in [0.717, 1.165) is 5.56 Å². The molecule has 94 valence electrons. The number of carbonyl (C=O) groups excluding carboxylic acids is 1. The van der Waals surface area contributed by atoms with Crippen molar-refractivity contribution in [2.45, 2.75) is 26.3 Å². The summed E-state index contributed by atoms with van der Waals surface area (Å²) < 4.78 is 0. The van der Waals surface area contributed by atoms with Crippen LogP contribution >= 0.6 is 11.6 Å². The van der Waals surface area contributed by atoms with E-state index in [-0.39, 0.29) is 17.0 Å². The third-order valence-corrected chi connectivity index (χ3v) is 2.29. The molecule has 1 rings (SSSR count). The molecule has 1 N–H and O–H groups in total. The van der Waals surface area contributed by atoms with E-state index in [2.05, 4.69) is 5.32 Å². The molecule has 0 unspecified atom stereocenters. The van der Waals surface area contributed by atoms with E-state index in [4.69, 9.17) is 16.9 Å². The molecule has 0 aliphatic rings. The molecule has 0 heterocycles. The highest BCUT2D eigenvalue weighted by Gasteiger charge is 2.16. The lowest BCUT2D eigenvalue weighted by molar-refractivity contribution is -0.118. The van der Waals surface area contributed by atoms with Crippen molar-refractivity contribution < 1.29 is 4.79 Å². The Morgan fingerprint density at radius 3 is 2.33 bits per heavy atom. The molecule has 18 heavy (non-hydrogen) atoms. The summed E-state index contributed by atoms with van der Waals surface area (Å²) in [6, 6.07) is 8.84. The van der Waals surface area contributed by atoms with Crippen molar-refractivity contribution in [3.05, 3.63) is 40.4 Å². The van der Waals surface area contributed by atoms with E-state index in [9.17, 15) is 4.79 Å². The normalized spacial score (nSPS) is 11.8. The van der Waals surface area contributed by atoms with Gasteiger partial charge in [0.15, 0.2) is 0 Å². The first-order valence-corrected chi connectivity index (χ1v) is 5.89. The maximum Gasteiger partial charge on any atom is 0.262 e. The number of rotatable bonds is 2. The summed E-state index contributed by atoms with van der Waals surface area (Å²) in [5, 5.41) is 12.4. The summed E-state index contributed by atoms with van der Waals surface area (Å²) in [5.74, 6) is -0.375. The Hall–Kier alpha value is -1.79. The number of benzene rings is 1. The Kier molecular flexibility index (Phi) is 4.52. The number of carbonyl (C=O) groups is 1. The summed E-state index contributed by atoms with van der Waals surface area (Å²) in [7, 11) is 0. The molecule has 0 spiro atoms. The standard InChI is InChI=1S/C14H15ClN2O/c1-14(2,3)17-13(18)11(9-16)8-10-4-6-12(15)7-5-10/h4-8H,1-3H3,(H,17,18)/b11-8+. The number of nitrogens with zero attached hydrogens (tertiary/aromatic N) is 1. The van der Waals surface area contributed by atoms with Crippen LogP contribution in [0.3, 0.4) is 0 Å². The maximum absolute atomic E-state index is 11.8. The molecule has 0 radical (unpaired) electrons. The molecular weight excluding hydrogens is 248 g/mol. The fourth-order valence-corrected chi connectivity index (χ4v) is 1.41. The van der Waals surface area contributed by atoms with Gasteiger partial charge in [0.1, 0.15) is 11.6 Å². The third-order valence-electron chi connectivity index (χ3n) is 2.03. The van der Waals surface area contributed by atoms with Crippen molar-refractivity contribution in [3.63, 3.8) is 0 Å². The highest BCUT2D eigenvalue weighted by molar-refractivity contribution is 6.30. The molecule has 3 nitrogen and oxygen atoms in total. The van der Waals surface area contributed by atoms with E-state index < -0.39 is 0 Å². The van der Waals surface area contributed by atoms with Crippen molar-refractivity contribution in [3.8, 4) is 6.07 Å². The van der Waals surface area contributed by atoms with E-state index in [1.807, 2.05) is 26.8 Å². The molecule has 1 amide bonds. The second-order valence-corrected chi connectivity index (χ2v) is 5.36. The van der Waals surface area contributed by atoms with Gasteiger partial charge in [-0.2, -0.15) is 5.26 Å². The lowest BCUT2D eigenvalue weighted by Gasteiger charge is -2.19. The molecule has 0 saturated carbocycles. The molecular formula is C14H15ClN2O. The zero-order chi connectivity index (χ0) is 13.8. The molecule has 0 atom stereocenters. The van der Waals surface area contributed by atoms with Gasteiger partial charge in [-0.3, -0.25) is 4.79 Å². The first-order chi connectivity index (χ1) is 8.31. The molecule has 1 aromatic rings.